The molecule has 1 fully saturated rings. The summed E-state index contributed by atoms with van der Waals surface area (Å²) in [5, 5.41) is 17.8. The molecular weight excluding hydrogens is 459 g/mol. The Bertz CT molecular complexity index is 1280. The number of aromatic nitrogens is 2. The molecule has 0 bridgehead atoms. The number of nitro benzene ring substituents is 1. The van der Waals surface area contributed by atoms with Crippen LogP contribution < -0.4 is 16.0 Å². The van der Waals surface area contributed by atoms with E-state index in [1.807, 2.05) is 0 Å². The molecule has 178 valence electrons. The van der Waals surface area contributed by atoms with Gasteiger partial charge in [-0.15, -0.1) is 0 Å². The molecule has 0 unspecified atom stereocenters. The monoisotopic (exact) mass is 477 g/mol. The van der Waals surface area contributed by atoms with Crippen molar-refractivity contribution in [1.82, 2.24) is 10.1 Å². The van der Waals surface area contributed by atoms with Crippen molar-refractivity contribution in [3.05, 3.63) is 68.7 Å². The number of anilines is 2. The van der Waals surface area contributed by atoms with Crippen LogP contribution in [0.4, 0.5) is 30.2 Å². The first-order valence-electron chi connectivity index (χ1n) is 10.2. The van der Waals surface area contributed by atoms with Gasteiger partial charge in [-0.05, 0) is 37.1 Å². The van der Waals surface area contributed by atoms with Crippen LogP contribution in [-0.2, 0) is 11.0 Å². The average molecular weight is 477 g/mol. The molecule has 1 saturated heterocycles. The van der Waals surface area contributed by atoms with E-state index in [4.69, 9.17) is 0 Å². The van der Waals surface area contributed by atoms with E-state index in [2.05, 4.69) is 20.0 Å². The second-order valence-electron chi connectivity index (χ2n) is 7.73. The molecule has 0 saturated carbocycles. The van der Waals surface area contributed by atoms with E-state index in [0.717, 1.165) is 12.1 Å². The molecule has 0 atom stereocenters. The SMILES string of the molecule is O=C(Nc1cccc(-c2noc(=O)[nH]2)c1)C1CCN(c2ccc(C(F)(F)F)cc2[N+](=O)[O-])CC1. The zero-order chi connectivity index (χ0) is 24.5. The van der Waals surface area contributed by atoms with Crippen molar-refractivity contribution < 1.29 is 27.4 Å². The van der Waals surface area contributed by atoms with Crippen LogP contribution in [0.15, 0.2) is 51.8 Å². The van der Waals surface area contributed by atoms with Crippen LogP contribution in [0.2, 0.25) is 0 Å². The maximum absolute atomic E-state index is 12.9. The van der Waals surface area contributed by atoms with Crippen molar-refractivity contribution in [2.24, 2.45) is 5.92 Å². The van der Waals surface area contributed by atoms with Crippen molar-refractivity contribution in [2.75, 3.05) is 23.3 Å². The maximum Gasteiger partial charge on any atom is 0.439 e. The van der Waals surface area contributed by atoms with Crippen LogP contribution in [0.1, 0.15) is 18.4 Å². The number of nitrogens with zero attached hydrogens (tertiary/aromatic N) is 3. The highest BCUT2D eigenvalue weighted by atomic mass is 19.4. The highest BCUT2D eigenvalue weighted by molar-refractivity contribution is 5.93. The summed E-state index contributed by atoms with van der Waals surface area (Å²) in [4.78, 5) is 38.4. The molecule has 13 heteroatoms. The molecule has 2 N–H and O–H groups in total. The van der Waals surface area contributed by atoms with E-state index in [1.165, 1.54) is 0 Å². The van der Waals surface area contributed by atoms with Crippen LogP contribution in [0.3, 0.4) is 0 Å². The average Bonchev–Trinajstić information content (AvgIpc) is 3.24. The summed E-state index contributed by atoms with van der Waals surface area (Å²) in [6, 6.07) is 9.08. The molecular formula is C21H18F3N5O5. The Labute approximate surface area is 189 Å². The first-order valence-corrected chi connectivity index (χ1v) is 10.2. The van der Waals surface area contributed by atoms with Gasteiger partial charge < -0.3 is 10.2 Å². The zero-order valence-electron chi connectivity index (χ0n) is 17.5. The third-order valence-electron chi connectivity index (χ3n) is 5.55. The molecule has 1 aliphatic rings. The summed E-state index contributed by atoms with van der Waals surface area (Å²) in [6.07, 6.45) is -3.96. The highest BCUT2D eigenvalue weighted by Gasteiger charge is 2.35. The zero-order valence-corrected chi connectivity index (χ0v) is 17.5. The topological polar surface area (TPSA) is 134 Å². The van der Waals surface area contributed by atoms with Crippen molar-refractivity contribution in [1.29, 1.82) is 0 Å². The van der Waals surface area contributed by atoms with Gasteiger partial charge in [0.25, 0.3) is 5.69 Å². The quantitative estimate of drug-likeness (QED) is 0.421. The van der Waals surface area contributed by atoms with Crippen molar-refractivity contribution in [3.8, 4) is 11.4 Å². The summed E-state index contributed by atoms with van der Waals surface area (Å²) in [7, 11) is 0. The number of rotatable bonds is 5. The molecule has 4 rings (SSSR count). The number of H-pyrrole nitrogens is 1. The van der Waals surface area contributed by atoms with Crippen LogP contribution >= 0.6 is 0 Å². The number of piperidine rings is 1. The minimum atomic E-state index is -4.69. The second-order valence-corrected chi connectivity index (χ2v) is 7.73. The minimum Gasteiger partial charge on any atom is -0.366 e. The van der Waals surface area contributed by atoms with E-state index < -0.39 is 28.1 Å². The van der Waals surface area contributed by atoms with E-state index in [-0.39, 0.29) is 36.4 Å². The largest absolute Gasteiger partial charge is 0.439 e. The first kappa shape index (κ1) is 23.0. The van der Waals surface area contributed by atoms with Crippen molar-refractivity contribution in [2.45, 2.75) is 19.0 Å². The smallest absolute Gasteiger partial charge is 0.366 e. The van der Waals surface area contributed by atoms with Crippen LogP contribution in [-0.4, -0.2) is 34.1 Å². The van der Waals surface area contributed by atoms with Gasteiger partial charge >= 0.3 is 11.9 Å². The molecule has 34 heavy (non-hydrogen) atoms. The predicted octanol–water partition coefficient (Wildman–Crippen LogP) is 3.81. The number of hydrogen-bond donors (Lipinski definition) is 2. The molecule has 2 aromatic carbocycles. The van der Waals surface area contributed by atoms with Gasteiger partial charge in [0, 0.05) is 36.3 Å². The third kappa shape index (κ3) is 4.92. The van der Waals surface area contributed by atoms with E-state index >= 15 is 0 Å². The fourth-order valence-electron chi connectivity index (χ4n) is 3.84. The molecule has 3 aromatic rings. The van der Waals surface area contributed by atoms with E-state index in [1.54, 1.807) is 29.2 Å². The molecule has 1 aliphatic heterocycles. The van der Waals surface area contributed by atoms with Gasteiger partial charge in [-0.25, -0.2) is 4.79 Å². The summed E-state index contributed by atoms with van der Waals surface area (Å²) in [5.74, 6) is -1.13. The lowest BCUT2D eigenvalue weighted by Gasteiger charge is -2.32. The lowest BCUT2D eigenvalue weighted by Crippen LogP contribution is -2.38. The number of amides is 1. The molecule has 2 heterocycles. The van der Waals surface area contributed by atoms with Gasteiger partial charge in [-0.1, -0.05) is 17.3 Å². The van der Waals surface area contributed by atoms with Crippen LogP contribution in [0, 0.1) is 16.0 Å². The number of halogens is 3. The summed E-state index contributed by atoms with van der Waals surface area (Å²) < 4.78 is 43.3. The molecule has 0 spiro atoms. The number of carbonyl (C=O) groups is 1. The first-order chi connectivity index (χ1) is 16.1. The number of nitro groups is 1. The summed E-state index contributed by atoms with van der Waals surface area (Å²) in [6.45, 7) is 0.537. The summed E-state index contributed by atoms with van der Waals surface area (Å²) in [5.41, 5.74) is -0.610. The lowest BCUT2D eigenvalue weighted by molar-refractivity contribution is -0.384. The third-order valence-corrected chi connectivity index (χ3v) is 5.55. The Hall–Kier alpha value is -4.16. The Morgan fingerprint density at radius 3 is 2.56 bits per heavy atom. The normalized spacial score (nSPS) is 14.7. The second kappa shape index (κ2) is 9.00. The van der Waals surface area contributed by atoms with Gasteiger partial charge in [-0.2, -0.15) is 13.2 Å². The van der Waals surface area contributed by atoms with Crippen LogP contribution in [0.5, 0.6) is 0 Å². The fraction of sp³-hybridized carbons (Fsp3) is 0.286. The van der Waals surface area contributed by atoms with E-state index in [9.17, 15) is 32.9 Å². The molecule has 0 aliphatic carbocycles. The van der Waals surface area contributed by atoms with Crippen molar-refractivity contribution >= 4 is 23.0 Å². The standard InChI is InChI=1S/C21H18F3N5O5/c22-21(23,24)14-4-5-16(17(11-14)29(32)33)28-8-6-12(7-9-28)19(30)25-15-3-1-2-13(10-15)18-26-20(31)34-27-18/h1-5,10-12H,6-9H2,(H,25,30)(H,26,27,31). The van der Waals surface area contributed by atoms with Gasteiger partial charge in [0.15, 0.2) is 5.82 Å². The lowest BCUT2D eigenvalue weighted by atomic mass is 9.95. The highest BCUT2D eigenvalue weighted by Crippen LogP contribution is 2.37. The Morgan fingerprint density at radius 1 is 1.21 bits per heavy atom. The van der Waals surface area contributed by atoms with Crippen LogP contribution in [0.25, 0.3) is 11.4 Å². The number of hydrogen-bond acceptors (Lipinski definition) is 7. The van der Waals surface area contributed by atoms with Gasteiger partial charge in [-0.3, -0.25) is 24.4 Å². The Balaban J connectivity index is 1.42. The van der Waals surface area contributed by atoms with Gasteiger partial charge in [0.2, 0.25) is 5.91 Å². The molecule has 1 amide bonds. The van der Waals surface area contributed by atoms with Crippen molar-refractivity contribution in [3.63, 3.8) is 0 Å². The fourth-order valence-corrected chi connectivity index (χ4v) is 3.84. The maximum atomic E-state index is 12.9. The van der Waals surface area contributed by atoms with Gasteiger partial charge in [0.05, 0.1) is 10.5 Å². The molecule has 1 aromatic heterocycles. The molecule has 10 nitrogen and oxygen atoms in total. The number of carbonyl (C=O) groups excluding carboxylic acids is 1. The van der Waals surface area contributed by atoms with Gasteiger partial charge in [0.1, 0.15) is 5.69 Å². The number of benzene rings is 2. The minimum absolute atomic E-state index is 0.0890. The predicted molar refractivity (Wildman–Crippen MR) is 114 cm³/mol. The number of nitrogens with one attached hydrogen (secondary N) is 2. The Morgan fingerprint density at radius 2 is 1.94 bits per heavy atom. The summed E-state index contributed by atoms with van der Waals surface area (Å²) >= 11 is 0. The van der Waals surface area contributed by atoms with E-state index in [0.29, 0.717) is 30.2 Å². The number of aromatic amines is 1. The Kier molecular flexibility index (Phi) is 6.09. The molecule has 0 radical (unpaired) electrons. The number of alkyl halides is 3.